The van der Waals surface area contributed by atoms with Gasteiger partial charge in [-0.05, 0) is 50.3 Å². The lowest BCUT2D eigenvalue weighted by molar-refractivity contribution is -0.155. The molecule has 0 aliphatic heterocycles. The zero-order valence-corrected chi connectivity index (χ0v) is 12.5. The minimum absolute atomic E-state index is 0.00505. The summed E-state index contributed by atoms with van der Waals surface area (Å²) >= 11 is 0. The Morgan fingerprint density at radius 3 is 2.60 bits per heavy atom. The first-order chi connectivity index (χ1) is 9.52. The van der Waals surface area contributed by atoms with Gasteiger partial charge in [-0.1, -0.05) is 24.6 Å². The zero-order chi connectivity index (χ0) is 14.8. The quantitative estimate of drug-likeness (QED) is 0.627. The van der Waals surface area contributed by atoms with Gasteiger partial charge in [0.15, 0.2) is 11.2 Å². The number of carbonyl (C=O) groups excluding carboxylic acids is 2. The number of hydrogen-bond donors (Lipinski definition) is 0. The van der Waals surface area contributed by atoms with Crippen molar-refractivity contribution in [3.63, 3.8) is 0 Å². The van der Waals surface area contributed by atoms with E-state index in [9.17, 15) is 9.59 Å². The second-order valence-electron chi connectivity index (χ2n) is 5.56. The molecule has 3 heteroatoms. The molecular formula is C17H22O3. The van der Waals surface area contributed by atoms with Gasteiger partial charge in [0.05, 0.1) is 6.61 Å². The Labute approximate surface area is 120 Å². The Morgan fingerprint density at radius 1 is 1.25 bits per heavy atom. The third kappa shape index (κ3) is 2.37. The van der Waals surface area contributed by atoms with Crippen LogP contribution in [0.25, 0.3) is 0 Å². The van der Waals surface area contributed by atoms with Crippen LogP contribution in [0.15, 0.2) is 18.2 Å². The highest BCUT2D eigenvalue weighted by Crippen LogP contribution is 2.38. The van der Waals surface area contributed by atoms with Gasteiger partial charge in [0.1, 0.15) is 0 Å². The fraction of sp³-hybridized carbons (Fsp3) is 0.529. The normalized spacial score (nSPS) is 22.6. The van der Waals surface area contributed by atoms with Gasteiger partial charge in [0.2, 0.25) is 0 Å². The van der Waals surface area contributed by atoms with Crippen LogP contribution < -0.4 is 0 Å². The molecule has 1 saturated carbocycles. The molecule has 0 aromatic heterocycles. The van der Waals surface area contributed by atoms with Crippen LogP contribution in [0.1, 0.15) is 49.3 Å². The molecule has 20 heavy (non-hydrogen) atoms. The van der Waals surface area contributed by atoms with E-state index in [-0.39, 0.29) is 11.8 Å². The van der Waals surface area contributed by atoms with Crippen LogP contribution in [0.4, 0.5) is 0 Å². The van der Waals surface area contributed by atoms with Crippen LogP contribution in [0.5, 0.6) is 0 Å². The van der Waals surface area contributed by atoms with Crippen LogP contribution in [0.3, 0.4) is 0 Å². The summed E-state index contributed by atoms with van der Waals surface area (Å²) in [6, 6.07) is 5.85. The standard InChI is InChI=1S/C17H22O3/c1-4-20-16(19)17(10-6-5-7-15(17)18)14-9-8-12(2)13(3)11-14/h8-9,11H,4-7,10H2,1-3H3/t17-/m1/s1. The lowest BCUT2D eigenvalue weighted by Crippen LogP contribution is -2.47. The summed E-state index contributed by atoms with van der Waals surface area (Å²) in [6.07, 6.45) is 2.78. The Balaban J connectivity index is 2.53. The molecule has 0 amide bonds. The number of hydrogen-bond acceptors (Lipinski definition) is 3. The van der Waals surface area contributed by atoms with E-state index in [1.165, 1.54) is 0 Å². The lowest BCUT2D eigenvalue weighted by Gasteiger charge is -2.34. The molecule has 0 bridgehead atoms. The predicted octanol–water partition coefficient (Wildman–Crippen LogP) is 3.25. The number of ether oxygens (including phenoxy) is 1. The first-order valence-electron chi connectivity index (χ1n) is 7.30. The lowest BCUT2D eigenvalue weighted by atomic mass is 9.68. The van der Waals surface area contributed by atoms with Crippen LogP contribution in [-0.2, 0) is 19.7 Å². The van der Waals surface area contributed by atoms with Crippen molar-refractivity contribution in [2.45, 2.75) is 51.9 Å². The average Bonchev–Trinajstić information content (AvgIpc) is 2.43. The van der Waals surface area contributed by atoms with E-state index >= 15 is 0 Å². The maximum absolute atomic E-state index is 12.5. The molecule has 1 aromatic rings. The van der Waals surface area contributed by atoms with Gasteiger partial charge >= 0.3 is 5.97 Å². The zero-order valence-electron chi connectivity index (χ0n) is 12.5. The van der Waals surface area contributed by atoms with Gasteiger partial charge in [-0.25, -0.2) is 0 Å². The highest BCUT2D eigenvalue weighted by molar-refractivity contribution is 6.10. The maximum Gasteiger partial charge on any atom is 0.324 e. The summed E-state index contributed by atoms with van der Waals surface area (Å²) in [6.45, 7) is 6.11. The van der Waals surface area contributed by atoms with Crippen molar-refractivity contribution in [2.75, 3.05) is 6.61 Å². The number of aryl methyl sites for hydroxylation is 2. The van der Waals surface area contributed by atoms with Crippen LogP contribution in [0.2, 0.25) is 0 Å². The molecule has 2 rings (SSSR count). The van der Waals surface area contributed by atoms with E-state index in [2.05, 4.69) is 0 Å². The van der Waals surface area contributed by atoms with Gasteiger partial charge in [-0.2, -0.15) is 0 Å². The third-order valence-corrected chi connectivity index (χ3v) is 4.31. The third-order valence-electron chi connectivity index (χ3n) is 4.31. The molecule has 1 atom stereocenters. The van der Waals surface area contributed by atoms with E-state index in [0.717, 1.165) is 29.5 Å². The molecule has 3 nitrogen and oxygen atoms in total. The highest BCUT2D eigenvalue weighted by Gasteiger charge is 2.49. The van der Waals surface area contributed by atoms with Crippen molar-refractivity contribution >= 4 is 11.8 Å². The average molecular weight is 274 g/mol. The molecule has 0 saturated heterocycles. The van der Waals surface area contributed by atoms with E-state index in [0.29, 0.717) is 19.4 Å². The molecular weight excluding hydrogens is 252 g/mol. The number of ketones is 1. The fourth-order valence-electron chi connectivity index (χ4n) is 2.93. The molecule has 0 radical (unpaired) electrons. The topological polar surface area (TPSA) is 43.4 Å². The summed E-state index contributed by atoms with van der Waals surface area (Å²) < 4.78 is 5.22. The number of Topliss-reactive ketones (excluding diaryl/α,β-unsaturated/α-hetero) is 1. The fourth-order valence-corrected chi connectivity index (χ4v) is 2.93. The van der Waals surface area contributed by atoms with E-state index in [1.807, 2.05) is 32.0 Å². The monoisotopic (exact) mass is 274 g/mol. The second-order valence-corrected chi connectivity index (χ2v) is 5.56. The number of carbonyl (C=O) groups is 2. The van der Waals surface area contributed by atoms with Crippen molar-refractivity contribution in [3.05, 3.63) is 34.9 Å². The Morgan fingerprint density at radius 2 is 2.00 bits per heavy atom. The summed E-state index contributed by atoms with van der Waals surface area (Å²) in [5, 5.41) is 0. The molecule has 0 spiro atoms. The first kappa shape index (κ1) is 14.8. The smallest absolute Gasteiger partial charge is 0.324 e. The van der Waals surface area contributed by atoms with Gasteiger partial charge < -0.3 is 4.74 Å². The van der Waals surface area contributed by atoms with Gasteiger partial charge in [0, 0.05) is 6.42 Å². The molecule has 108 valence electrons. The van der Waals surface area contributed by atoms with Gasteiger partial charge in [0.25, 0.3) is 0 Å². The first-order valence-corrected chi connectivity index (χ1v) is 7.30. The molecule has 1 aromatic carbocycles. The largest absolute Gasteiger partial charge is 0.465 e. The van der Waals surface area contributed by atoms with Crippen molar-refractivity contribution in [3.8, 4) is 0 Å². The van der Waals surface area contributed by atoms with Crippen molar-refractivity contribution in [2.24, 2.45) is 0 Å². The molecule has 0 N–H and O–H groups in total. The van der Waals surface area contributed by atoms with E-state index in [4.69, 9.17) is 4.74 Å². The van der Waals surface area contributed by atoms with Crippen molar-refractivity contribution < 1.29 is 14.3 Å². The molecule has 1 aliphatic rings. The summed E-state index contributed by atoms with van der Waals surface area (Å²) in [5.74, 6) is -0.376. The number of rotatable bonds is 3. The Hall–Kier alpha value is -1.64. The van der Waals surface area contributed by atoms with Crippen LogP contribution in [-0.4, -0.2) is 18.4 Å². The Bertz CT molecular complexity index is 533. The molecule has 1 fully saturated rings. The van der Waals surface area contributed by atoms with Crippen LogP contribution in [0, 0.1) is 13.8 Å². The summed E-state index contributed by atoms with van der Waals surface area (Å²) in [4.78, 5) is 25.0. The maximum atomic E-state index is 12.5. The molecule has 0 heterocycles. The predicted molar refractivity (Wildman–Crippen MR) is 77.7 cm³/mol. The minimum atomic E-state index is -1.08. The van der Waals surface area contributed by atoms with Crippen molar-refractivity contribution in [1.82, 2.24) is 0 Å². The minimum Gasteiger partial charge on any atom is -0.465 e. The SMILES string of the molecule is CCOC(=O)[C@@]1(c2ccc(C)c(C)c2)CCCCC1=O. The summed E-state index contributed by atoms with van der Waals surface area (Å²) in [7, 11) is 0. The Kier molecular flexibility index (Phi) is 4.26. The van der Waals surface area contributed by atoms with Gasteiger partial charge in [-0.3, -0.25) is 9.59 Å². The molecule has 1 aliphatic carbocycles. The van der Waals surface area contributed by atoms with E-state index in [1.54, 1.807) is 6.92 Å². The van der Waals surface area contributed by atoms with Crippen LogP contribution >= 0.6 is 0 Å². The van der Waals surface area contributed by atoms with Gasteiger partial charge in [-0.15, -0.1) is 0 Å². The number of esters is 1. The highest BCUT2D eigenvalue weighted by atomic mass is 16.5. The van der Waals surface area contributed by atoms with E-state index < -0.39 is 5.41 Å². The van der Waals surface area contributed by atoms with Crippen molar-refractivity contribution in [1.29, 1.82) is 0 Å². The number of benzene rings is 1. The molecule has 0 unspecified atom stereocenters. The summed E-state index contributed by atoms with van der Waals surface area (Å²) in [5.41, 5.74) is 1.98. The second kappa shape index (κ2) is 5.78.